The summed E-state index contributed by atoms with van der Waals surface area (Å²) in [7, 11) is 1.89. The second-order valence-electron chi connectivity index (χ2n) is 7.32. The quantitative estimate of drug-likeness (QED) is 0.835. The van der Waals surface area contributed by atoms with Crippen molar-refractivity contribution >= 4 is 5.91 Å². The van der Waals surface area contributed by atoms with Crippen LogP contribution in [0.2, 0.25) is 0 Å². The van der Waals surface area contributed by atoms with Gasteiger partial charge >= 0.3 is 0 Å². The number of hydrogen-bond acceptors (Lipinski definition) is 6. The predicted molar refractivity (Wildman–Crippen MR) is 88.6 cm³/mol. The van der Waals surface area contributed by atoms with Gasteiger partial charge in [0.2, 0.25) is 5.89 Å². The minimum absolute atomic E-state index is 0.0814. The summed E-state index contributed by atoms with van der Waals surface area (Å²) in [6.07, 6.45) is 6.19. The number of hydrogen-bond donors (Lipinski definition) is 0. The van der Waals surface area contributed by atoms with Crippen molar-refractivity contribution in [3.63, 3.8) is 0 Å². The third-order valence-corrected chi connectivity index (χ3v) is 5.09. The third-order valence-electron chi connectivity index (χ3n) is 5.09. The molecule has 2 aliphatic rings. The van der Waals surface area contributed by atoms with Crippen molar-refractivity contribution < 1.29 is 13.9 Å². The van der Waals surface area contributed by atoms with Crippen LogP contribution in [0.1, 0.15) is 39.0 Å². The van der Waals surface area contributed by atoms with Gasteiger partial charge in [0, 0.05) is 26.3 Å². The maximum Gasteiger partial charge on any atom is 0.267 e. The first-order valence-corrected chi connectivity index (χ1v) is 8.75. The molecule has 2 aromatic rings. The van der Waals surface area contributed by atoms with E-state index in [0.29, 0.717) is 30.6 Å². The molecule has 2 fully saturated rings. The molecule has 8 nitrogen and oxygen atoms in total. The first-order valence-electron chi connectivity index (χ1n) is 8.75. The van der Waals surface area contributed by atoms with Gasteiger partial charge in [0.15, 0.2) is 0 Å². The summed E-state index contributed by atoms with van der Waals surface area (Å²) in [4.78, 5) is 18.6. The van der Waals surface area contributed by atoms with E-state index in [4.69, 9.17) is 9.15 Å². The molecule has 4 heterocycles. The van der Waals surface area contributed by atoms with Crippen LogP contribution in [0.25, 0.3) is 11.6 Å². The van der Waals surface area contributed by atoms with E-state index in [1.165, 1.54) is 0 Å². The molecule has 2 unspecified atom stereocenters. The van der Waals surface area contributed by atoms with E-state index in [1.54, 1.807) is 6.33 Å². The molecule has 0 saturated carbocycles. The fourth-order valence-electron chi connectivity index (χ4n) is 3.57. The topological polar surface area (TPSA) is 86.3 Å². The number of rotatable bonds is 4. The minimum atomic E-state index is -0.307. The molecule has 1 amide bonds. The molecule has 0 aromatic carbocycles. The first kappa shape index (κ1) is 16.3. The van der Waals surface area contributed by atoms with Crippen molar-refractivity contribution in [2.24, 2.45) is 7.05 Å². The summed E-state index contributed by atoms with van der Waals surface area (Å²) in [5, 5.41) is 8.27. The fraction of sp³-hybridized carbons (Fsp3) is 0.647. The maximum atomic E-state index is 12.6. The number of nitrogens with zero attached hydrogens (tertiary/aromatic N) is 5. The molecule has 2 aliphatic heterocycles. The van der Waals surface area contributed by atoms with Crippen molar-refractivity contribution in [1.29, 1.82) is 0 Å². The highest BCUT2D eigenvalue weighted by Gasteiger charge is 2.49. The zero-order valence-corrected chi connectivity index (χ0v) is 14.8. The van der Waals surface area contributed by atoms with E-state index >= 15 is 0 Å². The molecule has 0 radical (unpaired) electrons. The molecule has 2 aromatic heterocycles. The Morgan fingerprint density at radius 1 is 1.36 bits per heavy atom. The van der Waals surface area contributed by atoms with E-state index in [1.807, 2.05) is 29.6 Å². The SMILES string of the molecule is CCC1CCC(C(=O)N2CC(C)(c3nnc(-c4cn(C)cn4)o3)C2)O1. The number of likely N-dealkylation sites (tertiary alicyclic amines) is 1. The number of imidazole rings is 1. The number of aromatic nitrogens is 4. The normalized spacial score (nSPS) is 25.2. The van der Waals surface area contributed by atoms with Gasteiger partial charge in [-0.3, -0.25) is 4.79 Å². The largest absolute Gasteiger partial charge is 0.418 e. The number of amides is 1. The van der Waals surface area contributed by atoms with Crippen molar-refractivity contribution in [2.75, 3.05) is 13.1 Å². The fourth-order valence-corrected chi connectivity index (χ4v) is 3.57. The van der Waals surface area contributed by atoms with E-state index in [9.17, 15) is 4.79 Å². The van der Waals surface area contributed by atoms with Crippen LogP contribution in [-0.4, -0.2) is 55.9 Å². The summed E-state index contributed by atoms with van der Waals surface area (Å²) >= 11 is 0. The summed E-state index contributed by atoms with van der Waals surface area (Å²) in [5.74, 6) is 1.04. The number of aryl methyl sites for hydroxylation is 1. The van der Waals surface area contributed by atoms with Gasteiger partial charge in [-0.15, -0.1) is 10.2 Å². The molecule has 4 rings (SSSR count). The molecule has 0 aliphatic carbocycles. The van der Waals surface area contributed by atoms with Crippen LogP contribution in [0.4, 0.5) is 0 Å². The van der Waals surface area contributed by atoms with Gasteiger partial charge in [0.25, 0.3) is 11.8 Å². The van der Waals surface area contributed by atoms with E-state index in [0.717, 1.165) is 19.3 Å². The van der Waals surface area contributed by atoms with Crippen LogP contribution < -0.4 is 0 Å². The average molecular weight is 345 g/mol. The Bertz CT molecular complexity index is 777. The molecule has 2 atom stereocenters. The second kappa shape index (κ2) is 5.94. The van der Waals surface area contributed by atoms with Crippen LogP contribution in [0.5, 0.6) is 0 Å². The Hall–Kier alpha value is -2.22. The smallest absolute Gasteiger partial charge is 0.267 e. The van der Waals surface area contributed by atoms with Gasteiger partial charge in [-0.25, -0.2) is 4.98 Å². The molecular weight excluding hydrogens is 322 g/mol. The van der Waals surface area contributed by atoms with E-state index in [-0.39, 0.29) is 23.5 Å². The highest BCUT2D eigenvalue weighted by molar-refractivity contribution is 5.82. The molecule has 0 bridgehead atoms. The molecule has 25 heavy (non-hydrogen) atoms. The van der Waals surface area contributed by atoms with Gasteiger partial charge in [0.05, 0.1) is 17.8 Å². The summed E-state index contributed by atoms with van der Waals surface area (Å²) in [6, 6.07) is 0. The lowest BCUT2D eigenvalue weighted by atomic mass is 9.81. The molecule has 0 spiro atoms. The van der Waals surface area contributed by atoms with Gasteiger partial charge in [-0.05, 0) is 26.2 Å². The van der Waals surface area contributed by atoms with Gasteiger partial charge < -0.3 is 18.6 Å². The highest BCUT2D eigenvalue weighted by Crippen LogP contribution is 2.36. The Balaban J connectivity index is 1.40. The number of carbonyl (C=O) groups excluding carboxylic acids is 1. The van der Waals surface area contributed by atoms with Crippen LogP contribution >= 0.6 is 0 Å². The van der Waals surface area contributed by atoms with Crippen molar-refractivity contribution in [3.05, 3.63) is 18.4 Å². The summed E-state index contributed by atoms with van der Waals surface area (Å²) in [5.41, 5.74) is 0.348. The Labute approximate surface area is 146 Å². The molecule has 0 N–H and O–H groups in total. The lowest BCUT2D eigenvalue weighted by Gasteiger charge is -2.46. The van der Waals surface area contributed by atoms with E-state index < -0.39 is 0 Å². The lowest BCUT2D eigenvalue weighted by molar-refractivity contribution is -0.151. The van der Waals surface area contributed by atoms with Crippen molar-refractivity contribution in [1.82, 2.24) is 24.6 Å². The first-order chi connectivity index (χ1) is 12.0. The average Bonchev–Trinajstić information content (AvgIpc) is 3.30. The monoisotopic (exact) mass is 345 g/mol. The summed E-state index contributed by atoms with van der Waals surface area (Å²) in [6.45, 7) is 5.28. The second-order valence-corrected chi connectivity index (χ2v) is 7.32. The van der Waals surface area contributed by atoms with Crippen LogP contribution in [0.15, 0.2) is 16.9 Å². The maximum absolute atomic E-state index is 12.6. The highest BCUT2D eigenvalue weighted by atomic mass is 16.5. The van der Waals surface area contributed by atoms with Gasteiger partial charge in [-0.1, -0.05) is 6.92 Å². The lowest BCUT2D eigenvalue weighted by Crippen LogP contribution is -2.61. The van der Waals surface area contributed by atoms with Gasteiger partial charge in [-0.2, -0.15) is 0 Å². The third kappa shape index (κ3) is 2.84. The van der Waals surface area contributed by atoms with Crippen LogP contribution in [0, 0.1) is 0 Å². The van der Waals surface area contributed by atoms with Crippen LogP contribution in [-0.2, 0) is 22.0 Å². The van der Waals surface area contributed by atoms with Crippen molar-refractivity contribution in [2.45, 2.75) is 50.7 Å². The molecule has 134 valence electrons. The summed E-state index contributed by atoms with van der Waals surface area (Å²) < 4.78 is 13.5. The molecular formula is C17H23N5O3. The minimum Gasteiger partial charge on any atom is -0.418 e. The van der Waals surface area contributed by atoms with Gasteiger partial charge in [0.1, 0.15) is 11.8 Å². The number of ether oxygens (including phenoxy) is 1. The zero-order chi connectivity index (χ0) is 17.6. The standard InChI is InChI=1S/C17H23N5O3/c1-4-11-5-6-13(24-11)15(23)22-8-17(2,9-22)16-20-19-14(25-16)12-7-21(3)10-18-12/h7,10-11,13H,4-6,8-9H2,1-3H3. The van der Waals surface area contributed by atoms with Crippen LogP contribution in [0.3, 0.4) is 0 Å². The zero-order valence-electron chi connectivity index (χ0n) is 14.8. The molecule has 2 saturated heterocycles. The van der Waals surface area contributed by atoms with E-state index in [2.05, 4.69) is 22.1 Å². The Morgan fingerprint density at radius 2 is 2.16 bits per heavy atom. The Kier molecular flexibility index (Phi) is 3.87. The Morgan fingerprint density at radius 3 is 2.80 bits per heavy atom. The molecule has 8 heteroatoms. The number of carbonyl (C=O) groups is 1. The van der Waals surface area contributed by atoms with Crippen molar-refractivity contribution in [3.8, 4) is 11.6 Å². The predicted octanol–water partition coefficient (Wildman–Crippen LogP) is 1.53.